The fraction of sp³-hybridized carbons (Fsp3) is 0.667. The van der Waals surface area contributed by atoms with Gasteiger partial charge in [0.2, 0.25) is 0 Å². The normalized spacial score (nSPS) is 29.9. The zero-order valence-electron chi connectivity index (χ0n) is 13.3. The smallest absolute Gasteiger partial charge is 0.118 e. The Bertz CT molecular complexity index is 439. The maximum absolute atomic E-state index is 5.22. The van der Waals surface area contributed by atoms with Crippen LogP contribution in [0.3, 0.4) is 0 Å². The molecule has 1 heterocycles. The molecule has 0 amide bonds. The van der Waals surface area contributed by atoms with E-state index in [1.807, 2.05) is 0 Å². The molecule has 1 saturated heterocycles. The van der Waals surface area contributed by atoms with Crippen LogP contribution in [0, 0.1) is 5.92 Å². The van der Waals surface area contributed by atoms with Gasteiger partial charge in [-0.05, 0) is 75.4 Å². The Morgan fingerprint density at radius 3 is 2.67 bits per heavy atom. The Hall–Kier alpha value is -1.06. The van der Waals surface area contributed by atoms with Crippen molar-refractivity contribution in [3.63, 3.8) is 0 Å². The maximum Gasteiger partial charge on any atom is 0.118 e. The van der Waals surface area contributed by atoms with Crippen molar-refractivity contribution >= 4 is 0 Å². The maximum atomic E-state index is 5.22. The molecule has 0 radical (unpaired) electrons. The Morgan fingerprint density at radius 1 is 1.24 bits per heavy atom. The molecule has 21 heavy (non-hydrogen) atoms. The molecule has 1 aliphatic heterocycles. The van der Waals surface area contributed by atoms with Crippen molar-refractivity contribution < 1.29 is 4.74 Å². The van der Waals surface area contributed by atoms with Crippen molar-refractivity contribution in [3.8, 4) is 5.75 Å². The second-order valence-electron chi connectivity index (χ2n) is 6.82. The monoisotopic (exact) mass is 288 g/mol. The highest BCUT2D eigenvalue weighted by molar-refractivity contribution is 5.30. The van der Waals surface area contributed by atoms with Crippen LogP contribution in [0.25, 0.3) is 0 Å². The van der Waals surface area contributed by atoms with Crippen molar-refractivity contribution in [1.82, 2.24) is 10.2 Å². The molecule has 1 N–H and O–H groups in total. The SMILES string of the molecule is COc1ccc(C2CC(NCC3CCCN(C)C3)C2)cc1. The summed E-state index contributed by atoms with van der Waals surface area (Å²) in [5, 5.41) is 3.78. The van der Waals surface area contributed by atoms with Crippen molar-refractivity contribution in [2.75, 3.05) is 33.8 Å². The Morgan fingerprint density at radius 2 is 2.00 bits per heavy atom. The van der Waals surface area contributed by atoms with Crippen molar-refractivity contribution in [1.29, 1.82) is 0 Å². The molecule has 0 bridgehead atoms. The molecule has 1 aromatic carbocycles. The number of benzene rings is 1. The van der Waals surface area contributed by atoms with Gasteiger partial charge in [-0.1, -0.05) is 12.1 Å². The molecule has 2 fully saturated rings. The number of nitrogens with zero attached hydrogens (tertiary/aromatic N) is 1. The molecule has 1 aliphatic carbocycles. The third-order valence-electron chi connectivity index (χ3n) is 5.14. The summed E-state index contributed by atoms with van der Waals surface area (Å²) >= 11 is 0. The third-order valence-corrected chi connectivity index (χ3v) is 5.14. The van der Waals surface area contributed by atoms with E-state index in [0.29, 0.717) is 0 Å². The van der Waals surface area contributed by atoms with Gasteiger partial charge >= 0.3 is 0 Å². The zero-order chi connectivity index (χ0) is 14.7. The van der Waals surface area contributed by atoms with Crippen LogP contribution in [0.2, 0.25) is 0 Å². The van der Waals surface area contributed by atoms with E-state index in [0.717, 1.165) is 23.6 Å². The highest BCUT2D eigenvalue weighted by atomic mass is 16.5. The molecule has 1 saturated carbocycles. The first-order valence-electron chi connectivity index (χ1n) is 8.30. The largest absolute Gasteiger partial charge is 0.497 e. The summed E-state index contributed by atoms with van der Waals surface area (Å²) in [6.07, 6.45) is 5.33. The minimum atomic E-state index is 0.726. The summed E-state index contributed by atoms with van der Waals surface area (Å²) in [4.78, 5) is 2.47. The third kappa shape index (κ3) is 3.78. The fourth-order valence-corrected chi connectivity index (χ4v) is 3.71. The van der Waals surface area contributed by atoms with Gasteiger partial charge in [0.15, 0.2) is 0 Å². The van der Waals surface area contributed by atoms with E-state index in [4.69, 9.17) is 4.74 Å². The number of rotatable bonds is 5. The molecule has 0 spiro atoms. The van der Waals surface area contributed by atoms with Gasteiger partial charge in [0.1, 0.15) is 5.75 Å². The van der Waals surface area contributed by atoms with Crippen LogP contribution in [0.4, 0.5) is 0 Å². The number of piperidine rings is 1. The van der Waals surface area contributed by atoms with Gasteiger partial charge in [-0.25, -0.2) is 0 Å². The molecule has 3 nitrogen and oxygen atoms in total. The predicted molar refractivity (Wildman–Crippen MR) is 87.0 cm³/mol. The summed E-state index contributed by atoms with van der Waals surface area (Å²) in [6.45, 7) is 3.74. The van der Waals surface area contributed by atoms with Gasteiger partial charge in [-0.2, -0.15) is 0 Å². The van der Waals surface area contributed by atoms with Crippen molar-refractivity contribution in [2.45, 2.75) is 37.6 Å². The first kappa shape index (κ1) is 14.9. The number of methoxy groups -OCH3 is 1. The van der Waals surface area contributed by atoms with Crippen LogP contribution in [0.5, 0.6) is 5.75 Å². The lowest BCUT2D eigenvalue weighted by Gasteiger charge is -2.38. The zero-order valence-corrected chi connectivity index (χ0v) is 13.3. The topological polar surface area (TPSA) is 24.5 Å². The van der Waals surface area contributed by atoms with Crippen molar-refractivity contribution in [3.05, 3.63) is 29.8 Å². The molecule has 1 atom stereocenters. The highest BCUT2D eigenvalue weighted by Crippen LogP contribution is 2.37. The molecule has 1 unspecified atom stereocenters. The molecule has 3 heteroatoms. The van der Waals surface area contributed by atoms with Gasteiger partial charge < -0.3 is 15.0 Å². The summed E-state index contributed by atoms with van der Waals surface area (Å²) in [5.41, 5.74) is 1.46. The van der Waals surface area contributed by atoms with Gasteiger partial charge in [-0.15, -0.1) is 0 Å². The molecule has 2 aliphatic rings. The first-order chi connectivity index (χ1) is 10.2. The summed E-state index contributed by atoms with van der Waals surface area (Å²) < 4.78 is 5.22. The molecule has 3 rings (SSSR count). The van der Waals surface area contributed by atoms with Gasteiger partial charge in [-0.3, -0.25) is 0 Å². The van der Waals surface area contributed by atoms with Crippen LogP contribution >= 0.6 is 0 Å². The number of hydrogen-bond donors (Lipinski definition) is 1. The average Bonchev–Trinajstić information content (AvgIpc) is 2.46. The first-order valence-corrected chi connectivity index (χ1v) is 8.30. The van der Waals surface area contributed by atoms with Crippen molar-refractivity contribution in [2.24, 2.45) is 5.92 Å². The van der Waals surface area contributed by atoms with Crippen LogP contribution in [-0.2, 0) is 0 Å². The highest BCUT2D eigenvalue weighted by Gasteiger charge is 2.30. The molecular weight excluding hydrogens is 260 g/mol. The van der Waals surface area contributed by atoms with Crippen LogP contribution < -0.4 is 10.1 Å². The van der Waals surface area contributed by atoms with E-state index in [9.17, 15) is 0 Å². The Labute approximate surface area is 128 Å². The predicted octanol–water partition coefficient (Wildman–Crippen LogP) is 2.87. The Balaban J connectivity index is 1.39. The molecular formula is C18H28N2O. The second kappa shape index (κ2) is 6.80. The van der Waals surface area contributed by atoms with E-state index in [1.165, 1.54) is 50.9 Å². The quantitative estimate of drug-likeness (QED) is 0.901. The lowest BCUT2D eigenvalue weighted by atomic mass is 9.75. The van der Waals surface area contributed by atoms with Crippen LogP contribution in [0.15, 0.2) is 24.3 Å². The van der Waals surface area contributed by atoms with E-state index in [2.05, 4.69) is 41.5 Å². The Kier molecular flexibility index (Phi) is 4.81. The van der Waals surface area contributed by atoms with E-state index in [-0.39, 0.29) is 0 Å². The van der Waals surface area contributed by atoms with E-state index in [1.54, 1.807) is 7.11 Å². The summed E-state index contributed by atoms with van der Waals surface area (Å²) in [6, 6.07) is 9.32. The summed E-state index contributed by atoms with van der Waals surface area (Å²) in [7, 11) is 3.97. The number of ether oxygens (including phenoxy) is 1. The fourth-order valence-electron chi connectivity index (χ4n) is 3.71. The standard InChI is InChI=1S/C18H28N2O/c1-20-9-3-4-14(13-20)12-19-17-10-16(11-17)15-5-7-18(21-2)8-6-15/h5-8,14,16-17,19H,3-4,9-13H2,1-2H3. The van der Waals surface area contributed by atoms with Gasteiger partial charge in [0.05, 0.1) is 7.11 Å². The lowest BCUT2D eigenvalue weighted by molar-refractivity contribution is 0.190. The van der Waals surface area contributed by atoms with Gasteiger partial charge in [0.25, 0.3) is 0 Å². The minimum absolute atomic E-state index is 0.726. The lowest BCUT2D eigenvalue weighted by Crippen LogP contribution is -2.45. The van der Waals surface area contributed by atoms with Crippen LogP contribution in [-0.4, -0.2) is 44.7 Å². The van der Waals surface area contributed by atoms with Crippen LogP contribution in [0.1, 0.15) is 37.2 Å². The summed E-state index contributed by atoms with van der Waals surface area (Å²) in [5.74, 6) is 2.54. The van der Waals surface area contributed by atoms with Gasteiger partial charge in [0, 0.05) is 12.6 Å². The average molecular weight is 288 g/mol. The number of nitrogens with one attached hydrogen (secondary N) is 1. The molecule has 0 aromatic heterocycles. The minimum Gasteiger partial charge on any atom is -0.497 e. The van der Waals surface area contributed by atoms with E-state index >= 15 is 0 Å². The second-order valence-corrected chi connectivity index (χ2v) is 6.82. The van der Waals surface area contributed by atoms with E-state index < -0.39 is 0 Å². The molecule has 1 aromatic rings. The number of likely N-dealkylation sites (tertiary alicyclic amines) is 1. The number of hydrogen-bond acceptors (Lipinski definition) is 3. The molecule has 116 valence electrons.